The molecule has 3 aromatic rings. The summed E-state index contributed by atoms with van der Waals surface area (Å²) in [6.45, 7) is 3.83. The van der Waals surface area contributed by atoms with Crippen molar-refractivity contribution in [3.05, 3.63) is 86.7 Å². The second-order valence-electron chi connectivity index (χ2n) is 8.02. The minimum atomic E-state index is -0.297. The van der Waals surface area contributed by atoms with Crippen molar-refractivity contribution in [3.8, 4) is 11.5 Å². The summed E-state index contributed by atoms with van der Waals surface area (Å²) in [5, 5.41) is 2.78. The molecule has 0 saturated carbocycles. The van der Waals surface area contributed by atoms with Crippen LogP contribution in [0.15, 0.2) is 70.0 Å². The number of hydrogen-bond acceptors (Lipinski definition) is 6. The third-order valence-corrected chi connectivity index (χ3v) is 7.39. The number of halogens is 1. The van der Waals surface area contributed by atoms with Gasteiger partial charge < -0.3 is 14.8 Å². The Hall–Kier alpha value is -3.14. The number of nitrogens with one attached hydrogen (secondary N) is 1. The lowest BCUT2D eigenvalue weighted by molar-refractivity contribution is -0.118. The molecule has 0 spiro atoms. The van der Waals surface area contributed by atoms with Crippen LogP contribution in [-0.2, 0) is 9.59 Å². The monoisotopic (exact) mass is 582 g/mol. The molecule has 1 heterocycles. The molecule has 0 radical (unpaired) electrons. The van der Waals surface area contributed by atoms with E-state index in [1.165, 1.54) is 18.9 Å². The van der Waals surface area contributed by atoms with E-state index < -0.39 is 0 Å². The smallest absolute Gasteiger partial charge is 0.270 e. The van der Waals surface area contributed by atoms with Crippen LogP contribution in [0.5, 0.6) is 11.5 Å². The Labute approximate surface area is 227 Å². The number of carbonyl (C=O) groups is 2. The minimum Gasteiger partial charge on any atom is -0.493 e. The highest BCUT2D eigenvalue weighted by atomic mass is 79.9. The maximum absolute atomic E-state index is 13.2. The predicted octanol–water partition coefficient (Wildman–Crippen LogP) is 6.50. The van der Waals surface area contributed by atoms with Crippen LogP contribution in [0.3, 0.4) is 0 Å². The van der Waals surface area contributed by atoms with E-state index in [1.54, 1.807) is 35.2 Å². The summed E-state index contributed by atoms with van der Waals surface area (Å²) < 4.78 is 12.3. The highest BCUT2D eigenvalue weighted by Gasteiger charge is 2.33. The summed E-state index contributed by atoms with van der Waals surface area (Å²) in [6.07, 6.45) is 1.76. The first-order valence-electron chi connectivity index (χ1n) is 11.0. The van der Waals surface area contributed by atoms with Gasteiger partial charge in [0.2, 0.25) is 0 Å². The van der Waals surface area contributed by atoms with Crippen LogP contribution in [0.25, 0.3) is 6.08 Å². The maximum atomic E-state index is 13.2. The van der Waals surface area contributed by atoms with Crippen molar-refractivity contribution < 1.29 is 19.1 Å². The van der Waals surface area contributed by atoms with Crippen molar-refractivity contribution in [2.24, 2.45) is 0 Å². The van der Waals surface area contributed by atoms with Crippen LogP contribution in [-0.4, -0.2) is 29.9 Å². The number of methoxy groups -OCH3 is 1. The van der Waals surface area contributed by atoms with Crippen molar-refractivity contribution in [1.29, 1.82) is 0 Å². The van der Waals surface area contributed by atoms with Gasteiger partial charge in [-0.2, -0.15) is 0 Å². The lowest BCUT2D eigenvalue weighted by Gasteiger charge is -2.16. The van der Waals surface area contributed by atoms with Crippen LogP contribution >= 0.6 is 39.9 Å². The number of thioether (sulfide) groups is 1. The summed E-state index contributed by atoms with van der Waals surface area (Å²) in [7, 11) is 1.52. The van der Waals surface area contributed by atoms with E-state index in [0.29, 0.717) is 30.9 Å². The van der Waals surface area contributed by atoms with E-state index in [4.69, 9.17) is 21.7 Å². The lowest BCUT2D eigenvalue weighted by atomic mass is 10.1. The second kappa shape index (κ2) is 11.3. The summed E-state index contributed by atoms with van der Waals surface area (Å²) in [6, 6.07) is 18.5. The summed E-state index contributed by atoms with van der Waals surface area (Å²) in [5.74, 6) is 0.337. The van der Waals surface area contributed by atoms with E-state index in [-0.39, 0.29) is 18.4 Å². The first kappa shape index (κ1) is 25.9. The van der Waals surface area contributed by atoms with Gasteiger partial charge in [-0.25, -0.2) is 0 Å². The number of ether oxygens (including phenoxy) is 2. The van der Waals surface area contributed by atoms with E-state index in [1.807, 2.05) is 50.2 Å². The molecular weight excluding hydrogens is 560 g/mol. The van der Waals surface area contributed by atoms with Gasteiger partial charge in [0, 0.05) is 5.69 Å². The standard InChI is InChI=1S/C27H23BrN2O4S2/c1-16-9-10-20(11-17(16)2)30-26(32)23(36-27(30)35)14-18-12-21(28)25(22(13-18)33-3)34-15-24(31)29-19-7-5-4-6-8-19/h4-14H,15H2,1-3H3,(H,29,31)/b23-14-. The Bertz CT molecular complexity index is 1380. The van der Waals surface area contributed by atoms with Crippen molar-refractivity contribution >= 4 is 73.5 Å². The van der Waals surface area contributed by atoms with Crippen LogP contribution in [0.1, 0.15) is 16.7 Å². The third kappa shape index (κ3) is 5.80. The van der Waals surface area contributed by atoms with Gasteiger partial charge in [0.15, 0.2) is 22.4 Å². The molecule has 0 aromatic heterocycles. The van der Waals surface area contributed by atoms with Crippen LogP contribution in [0.2, 0.25) is 0 Å². The number of aryl methyl sites for hydroxylation is 2. The fraction of sp³-hybridized carbons (Fsp3) is 0.148. The fourth-order valence-electron chi connectivity index (χ4n) is 3.53. The van der Waals surface area contributed by atoms with Gasteiger partial charge in [0.1, 0.15) is 0 Å². The number of carbonyl (C=O) groups excluding carboxylic acids is 2. The van der Waals surface area contributed by atoms with E-state index in [0.717, 1.165) is 22.4 Å². The van der Waals surface area contributed by atoms with Crippen molar-refractivity contribution in [1.82, 2.24) is 0 Å². The van der Waals surface area contributed by atoms with Crippen molar-refractivity contribution in [2.75, 3.05) is 23.9 Å². The van der Waals surface area contributed by atoms with Gasteiger partial charge in [0.25, 0.3) is 11.8 Å². The lowest BCUT2D eigenvalue weighted by Crippen LogP contribution is -2.27. The number of para-hydroxylation sites is 1. The highest BCUT2D eigenvalue weighted by Crippen LogP contribution is 2.40. The van der Waals surface area contributed by atoms with Crippen LogP contribution in [0.4, 0.5) is 11.4 Å². The third-order valence-electron chi connectivity index (χ3n) is 5.50. The molecule has 36 heavy (non-hydrogen) atoms. The molecule has 6 nitrogen and oxygen atoms in total. The SMILES string of the molecule is COc1cc(/C=C2\SC(=S)N(c3ccc(C)c(C)c3)C2=O)cc(Br)c1OCC(=O)Nc1ccccc1. The molecule has 184 valence electrons. The van der Waals surface area contributed by atoms with Crippen molar-refractivity contribution in [2.45, 2.75) is 13.8 Å². The van der Waals surface area contributed by atoms with Crippen LogP contribution < -0.4 is 19.7 Å². The number of rotatable bonds is 7. The average Bonchev–Trinajstić information content (AvgIpc) is 3.13. The summed E-state index contributed by atoms with van der Waals surface area (Å²) in [5.41, 5.74) is 4.40. The van der Waals surface area contributed by atoms with Gasteiger partial charge in [-0.15, -0.1) is 0 Å². The number of anilines is 2. The molecular formula is C27H23BrN2O4S2. The summed E-state index contributed by atoms with van der Waals surface area (Å²) in [4.78, 5) is 27.5. The van der Waals surface area contributed by atoms with Gasteiger partial charge in [0.05, 0.1) is 22.2 Å². The van der Waals surface area contributed by atoms with Gasteiger partial charge in [-0.3, -0.25) is 14.5 Å². The Morgan fingerprint density at radius 3 is 2.56 bits per heavy atom. The first-order chi connectivity index (χ1) is 17.3. The Balaban J connectivity index is 1.52. The molecule has 0 atom stereocenters. The van der Waals surface area contributed by atoms with Gasteiger partial charge >= 0.3 is 0 Å². The Kier molecular flexibility index (Phi) is 8.13. The van der Waals surface area contributed by atoms with E-state index in [9.17, 15) is 9.59 Å². The highest BCUT2D eigenvalue weighted by molar-refractivity contribution is 9.10. The molecule has 3 aromatic carbocycles. The van der Waals surface area contributed by atoms with Gasteiger partial charge in [-0.1, -0.05) is 48.2 Å². The van der Waals surface area contributed by atoms with E-state index in [2.05, 4.69) is 21.2 Å². The van der Waals surface area contributed by atoms with E-state index >= 15 is 0 Å². The molecule has 9 heteroatoms. The number of amides is 2. The molecule has 2 amide bonds. The van der Waals surface area contributed by atoms with Crippen LogP contribution in [0, 0.1) is 13.8 Å². The molecule has 1 saturated heterocycles. The second-order valence-corrected chi connectivity index (χ2v) is 10.6. The minimum absolute atomic E-state index is 0.179. The fourth-order valence-corrected chi connectivity index (χ4v) is 5.40. The molecule has 1 fully saturated rings. The number of thiocarbonyl (C=S) groups is 1. The Morgan fingerprint density at radius 1 is 1.11 bits per heavy atom. The summed E-state index contributed by atoms with van der Waals surface area (Å²) >= 11 is 10.3. The quantitative estimate of drug-likeness (QED) is 0.253. The zero-order valence-corrected chi connectivity index (χ0v) is 23.1. The Morgan fingerprint density at radius 2 is 1.86 bits per heavy atom. The molecule has 4 rings (SSSR count). The molecule has 1 N–H and O–H groups in total. The number of hydrogen-bond donors (Lipinski definition) is 1. The molecule has 1 aliphatic heterocycles. The normalized spacial score (nSPS) is 14.3. The molecule has 1 aliphatic rings. The molecule has 0 bridgehead atoms. The van der Waals surface area contributed by atoms with Crippen molar-refractivity contribution in [3.63, 3.8) is 0 Å². The molecule has 0 unspecified atom stereocenters. The predicted molar refractivity (Wildman–Crippen MR) is 153 cm³/mol. The maximum Gasteiger partial charge on any atom is 0.270 e. The zero-order chi connectivity index (χ0) is 25.8. The topological polar surface area (TPSA) is 67.9 Å². The number of benzene rings is 3. The zero-order valence-electron chi connectivity index (χ0n) is 19.8. The molecule has 0 aliphatic carbocycles. The average molecular weight is 584 g/mol. The largest absolute Gasteiger partial charge is 0.493 e. The van der Waals surface area contributed by atoms with Gasteiger partial charge in [-0.05, 0) is 88.9 Å². The first-order valence-corrected chi connectivity index (χ1v) is 13.0. The number of nitrogens with zero attached hydrogens (tertiary/aromatic N) is 1.